The van der Waals surface area contributed by atoms with Crippen molar-refractivity contribution in [1.82, 2.24) is 0 Å². The van der Waals surface area contributed by atoms with Gasteiger partial charge in [-0.25, -0.2) is 0 Å². The van der Waals surface area contributed by atoms with Crippen LogP contribution in [0.3, 0.4) is 0 Å². The second-order valence-electron chi connectivity index (χ2n) is 3.70. The van der Waals surface area contributed by atoms with E-state index in [9.17, 15) is 14.9 Å². The Morgan fingerprint density at radius 3 is 2.56 bits per heavy atom. The Morgan fingerprint density at radius 2 is 2.11 bits per heavy atom. The fraction of sp³-hybridized carbons (Fsp3) is 0.417. The van der Waals surface area contributed by atoms with Crippen LogP contribution >= 0.6 is 0 Å². The summed E-state index contributed by atoms with van der Waals surface area (Å²) in [6, 6.07) is 2.94. The van der Waals surface area contributed by atoms with E-state index in [1.165, 1.54) is 13.0 Å². The summed E-state index contributed by atoms with van der Waals surface area (Å²) in [5.41, 5.74) is 0.866. The molecule has 0 fully saturated rings. The van der Waals surface area contributed by atoms with E-state index in [-0.39, 0.29) is 17.3 Å². The number of hydrogen-bond donors (Lipinski definition) is 1. The minimum Gasteiger partial charge on any atom is -0.493 e. The number of carbonyl (C=O) groups excluding carboxylic acids is 1. The van der Waals surface area contributed by atoms with Crippen LogP contribution in [0.2, 0.25) is 0 Å². The summed E-state index contributed by atoms with van der Waals surface area (Å²) in [4.78, 5) is 21.5. The zero-order valence-electron chi connectivity index (χ0n) is 10.6. The number of benzene rings is 1. The second-order valence-corrected chi connectivity index (χ2v) is 3.70. The van der Waals surface area contributed by atoms with Crippen molar-refractivity contribution in [3.8, 4) is 5.75 Å². The number of aryl methyl sites for hydroxylation is 1. The first-order valence-corrected chi connectivity index (χ1v) is 5.71. The van der Waals surface area contributed by atoms with Gasteiger partial charge < -0.3 is 10.1 Å². The number of nitro benzene ring substituents is 1. The summed E-state index contributed by atoms with van der Waals surface area (Å²) in [6.07, 6.45) is 0.667. The van der Waals surface area contributed by atoms with Crippen LogP contribution in [0.25, 0.3) is 0 Å². The smallest absolute Gasteiger partial charge is 0.296 e. The molecule has 1 N–H and O–H groups in total. The normalized spacial score (nSPS) is 9.94. The molecule has 18 heavy (non-hydrogen) atoms. The average Bonchev–Trinajstić information content (AvgIpc) is 2.29. The Kier molecular flexibility index (Phi) is 4.65. The van der Waals surface area contributed by atoms with E-state index in [4.69, 9.17) is 4.74 Å². The summed E-state index contributed by atoms with van der Waals surface area (Å²) in [7, 11) is 0. The van der Waals surface area contributed by atoms with Crippen LogP contribution in [-0.4, -0.2) is 17.4 Å². The molecule has 0 aliphatic heterocycles. The van der Waals surface area contributed by atoms with Gasteiger partial charge in [0.15, 0.2) is 0 Å². The van der Waals surface area contributed by atoms with Gasteiger partial charge in [-0.3, -0.25) is 14.9 Å². The van der Waals surface area contributed by atoms with Gasteiger partial charge in [0.2, 0.25) is 5.91 Å². The number of nitrogens with one attached hydrogen (secondary N) is 1. The van der Waals surface area contributed by atoms with Crippen LogP contribution < -0.4 is 10.1 Å². The third-order valence-electron chi connectivity index (χ3n) is 2.37. The summed E-state index contributed by atoms with van der Waals surface area (Å²) >= 11 is 0. The van der Waals surface area contributed by atoms with Gasteiger partial charge in [0.25, 0.3) is 5.69 Å². The maximum Gasteiger partial charge on any atom is 0.296 e. The van der Waals surface area contributed by atoms with Gasteiger partial charge in [0, 0.05) is 6.92 Å². The number of carbonyl (C=O) groups is 1. The highest BCUT2D eigenvalue weighted by Gasteiger charge is 2.19. The molecule has 0 bridgehead atoms. The molecule has 0 heterocycles. The SMILES string of the molecule is CCOc1cc([N+](=O)[O-])c(NC(C)=O)cc1CC. The molecule has 0 saturated carbocycles. The van der Waals surface area contributed by atoms with Crippen LogP contribution in [0, 0.1) is 10.1 Å². The molecule has 1 amide bonds. The predicted molar refractivity (Wildman–Crippen MR) is 67.9 cm³/mol. The van der Waals surface area contributed by atoms with Gasteiger partial charge in [-0.2, -0.15) is 0 Å². The maximum atomic E-state index is 11.0. The standard InChI is InChI=1S/C12H16N2O4/c1-4-9-6-10(13-8(3)15)11(14(16)17)7-12(9)18-5-2/h6-7H,4-5H2,1-3H3,(H,13,15). The van der Waals surface area contributed by atoms with Gasteiger partial charge in [0.1, 0.15) is 11.4 Å². The van der Waals surface area contributed by atoms with Crippen LogP contribution in [0.4, 0.5) is 11.4 Å². The van der Waals surface area contributed by atoms with Crippen LogP contribution in [0.5, 0.6) is 5.75 Å². The number of rotatable bonds is 5. The Morgan fingerprint density at radius 1 is 1.44 bits per heavy atom. The molecule has 1 rings (SSSR count). The molecule has 6 heteroatoms. The van der Waals surface area contributed by atoms with Crippen LogP contribution in [-0.2, 0) is 11.2 Å². The van der Waals surface area contributed by atoms with Crippen molar-refractivity contribution in [2.24, 2.45) is 0 Å². The molecule has 1 aromatic carbocycles. The zero-order chi connectivity index (χ0) is 13.7. The molecule has 0 atom stereocenters. The van der Waals surface area contributed by atoms with E-state index < -0.39 is 4.92 Å². The van der Waals surface area contributed by atoms with Crippen molar-refractivity contribution in [2.75, 3.05) is 11.9 Å². The quantitative estimate of drug-likeness (QED) is 0.644. The highest BCUT2D eigenvalue weighted by atomic mass is 16.6. The monoisotopic (exact) mass is 252 g/mol. The van der Waals surface area contributed by atoms with E-state index in [1.807, 2.05) is 13.8 Å². The first kappa shape index (κ1) is 14.0. The highest BCUT2D eigenvalue weighted by molar-refractivity contribution is 5.91. The van der Waals surface area contributed by atoms with E-state index >= 15 is 0 Å². The Bertz CT molecular complexity index is 471. The lowest BCUT2D eigenvalue weighted by Crippen LogP contribution is -2.09. The molecule has 0 unspecified atom stereocenters. The third kappa shape index (κ3) is 3.19. The van der Waals surface area contributed by atoms with E-state index in [2.05, 4.69) is 5.32 Å². The number of anilines is 1. The topological polar surface area (TPSA) is 81.5 Å². The Labute approximate surface area is 105 Å². The highest BCUT2D eigenvalue weighted by Crippen LogP contribution is 2.33. The fourth-order valence-corrected chi connectivity index (χ4v) is 1.62. The fourth-order valence-electron chi connectivity index (χ4n) is 1.62. The van der Waals surface area contributed by atoms with Gasteiger partial charge in [-0.1, -0.05) is 6.92 Å². The summed E-state index contributed by atoms with van der Waals surface area (Å²) < 4.78 is 5.36. The Balaban J connectivity index is 3.31. The molecule has 0 aromatic heterocycles. The van der Waals surface area contributed by atoms with Crippen molar-refractivity contribution in [3.63, 3.8) is 0 Å². The molecule has 0 aliphatic carbocycles. The molecule has 1 aromatic rings. The average molecular weight is 252 g/mol. The largest absolute Gasteiger partial charge is 0.493 e. The van der Waals surface area contributed by atoms with Crippen LogP contribution in [0.15, 0.2) is 12.1 Å². The molecule has 98 valence electrons. The van der Waals surface area contributed by atoms with E-state index in [0.29, 0.717) is 18.8 Å². The number of nitro groups is 1. The van der Waals surface area contributed by atoms with Crippen molar-refractivity contribution in [1.29, 1.82) is 0 Å². The lowest BCUT2D eigenvalue weighted by Gasteiger charge is -2.11. The van der Waals surface area contributed by atoms with Crippen LogP contribution in [0.1, 0.15) is 26.3 Å². The molecule has 6 nitrogen and oxygen atoms in total. The van der Waals surface area contributed by atoms with Crippen molar-refractivity contribution in [2.45, 2.75) is 27.2 Å². The van der Waals surface area contributed by atoms with Crippen molar-refractivity contribution < 1.29 is 14.5 Å². The second kappa shape index (κ2) is 6.00. The van der Waals surface area contributed by atoms with Gasteiger partial charge in [-0.05, 0) is 25.0 Å². The minimum absolute atomic E-state index is 0.161. The summed E-state index contributed by atoms with van der Waals surface area (Å²) in [5.74, 6) is 0.144. The van der Waals surface area contributed by atoms with Gasteiger partial charge >= 0.3 is 0 Å². The number of amides is 1. The zero-order valence-corrected chi connectivity index (χ0v) is 10.6. The lowest BCUT2D eigenvalue weighted by atomic mass is 10.1. The third-order valence-corrected chi connectivity index (χ3v) is 2.37. The van der Waals surface area contributed by atoms with E-state index in [1.54, 1.807) is 6.07 Å². The number of nitrogens with zero attached hydrogens (tertiary/aromatic N) is 1. The van der Waals surface area contributed by atoms with Gasteiger partial charge in [-0.15, -0.1) is 0 Å². The van der Waals surface area contributed by atoms with E-state index in [0.717, 1.165) is 5.56 Å². The minimum atomic E-state index is -0.534. The molecular weight excluding hydrogens is 236 g/mol. The summed E-state index contributed by atoms with van der Waals surface area (Å²) in [5, 5.41) is 13.4. The first-order valence-electron chi connectivity index (χ1n) is 5.71. The predicted octanol–water partition coefficient (Wildman–Crippen LogP) is 2.51. The molecule has 0 aliphatic rings. The lowest BCUT2D eigenvalue weighted by molar-refractivity contribution is -0.384. The summed E-state index contributed by atoms with van der Waals surface area (Å²) in [6.45, 7) is 5.48. The molecular formula is C12H16N2O4. The molecule has 0 spiro atoms. The van der Waals surface area contributed by atoms with Gasteiger partial charge in [0.05, 0.1) is 17.6 Å². The Hall–Kier alpha value is -2.11. The molecule has 0 saturated heterocycles. The van der Waals surface area contributed by atoms with Crippen molar-refractivity contribution in [3.05, 3.63) is 27.8 Å². The van der Waals surface area contributed by atoms with Crippen molar-refractivity contribution >= 4 is 17.3 Å². The number of hydrogen-bond acceptors (Lipinski definition) is 4. The first-order chi connectivity index (χ1) is 8.49. The maximum absolute atomic E-state index is 11.0. The number of ether oxygens (including phenoxy) is 1. The molecule has 0 radical (unpaired) electrons.